The van der Waals surface area contributed by atoms with Crippen molar-refractivity contribution >= 4 is 40.6 Å². The number of carbonyl (C=O) groups is 4. The molecule has 0 bridgehead atoms. The number of hydrogen-bond acceptors (Lipinski definition) is 7. The second kappa shape index (κ2) is 18.1. The number of rotatable bonds is 19. The fraction of sp³-hybridized carbons (Fsp3) is 0.406. The number of nitrogens with one attached hydrogen (secondary N) is 4. The summed E-state index contributed by atoms with van der Waals surface area (Å²) >= 11 is 0. The predicted octanol–water partition coefficient (Wildman–Crippen LogP) is 0.00200. The van der Waals surface area contributed by atoms with Gasteiger partial charge in [-0.3, -0.25) is 19.4 Å². The first-order chi connectivity index (χ1) is 22.1. The number of nitrogens with zero attached hydrogens (tertiary/aromatic N) is 1. The maximum Gasteiger partial charge on any atom is 0.326 e. The van der Waals surface area contributed by atoms with E-state index >= 15 is 0 Å². The molecule has 0 aliphatic rings. The zero-order valence-corrected chi connectivity index (χ0v) is 25.8. The van der Waals surface area contributed by atoms with Crippen molar-refractivity contribution < 1.29 is 24.3 Å². The maximum atomic E-state index is 13.9. The van der Waals surface area contributed by atoms with Crippen molar-refractivity contribution in [1.82, 2.24) is 20.9 Å². The molecule has 3 aromatic rings. The summed E-state index contributed by atoms with van der Waals surface area (Å²) in [6, 6.07) is 12.2. The van der Waals surface area contributed by atoms with Crippen LogP contribution in [0, 0.1) is 0 Å². The monoisotopic (exact) mass is 635 g/mol. The van der Waals surface area contributed by atoms with Gasteiger partial charge in [0.1, 0.15) is 18.1 Å². The zero-order valence-electron chi connectivity index (χ0n) is 25.8. The van der Waals surface area contributed by atoms with E-state index in [1.807, 2.05) is 30.3 Å². The number of hydrogen-bond donors (Lipinski definition) is 9. The normalized spacial score (nSPS) is 13.6. The molecule has 3 rings (SSSR count). The summed E-state index contributed by atoms with van der Waals surface area (Å²) in [6.07, 6.45) is 3.96. The van der Waals surface area contributed by atoms with Crippen molar-refractivity contribution in [3.8, 4) is 0 Å². The van der Waals surface area contributed by atoms with Crippen molar-refractivity contribution in [2.45, 2.75) is 69.1 Å². The van der Waals surface area contributed by atoms with Gasteiger partial charge in [0.2, 0.25) is 17.7 Å². The molecule has 46 heavy (non-hydrogen) atoms. The number of nitrogens with two attached hydrogens (primary N) is 4. The van der Waals surface area contributed by atoms with Crippen LogP contribution in [0.15, 0.2) is 65.8 Å². The van der Waals surface area contributed by atoms with E-state index in [1.54, 1.807) is 30.5 Å². The third kappa shape index (κ3) is 11.2. The highest BCUT2D eigenvalue weighted by atomic mass is 16.4. The Morgan fingerprint density at radius 3 is 2.09 bits per heavy atom. The van der Waals surface area contributed by atoms with E-state index in [0.29, 0.717) is 32.4 Å². The molecule has 13 N–H and O–H groups in total. The van der Waals surface area contributed by atoms with E-state index in [1.165, 1.54) is 0 Å². The van der Waals surface area contributed by atoms with Crippen LogP contribution in [-0.4, -0.2) is 77.0 Å². The molecule has 1 aromatic heterocycles. The third-order valence-corrected chi connectivity index (χ3v) is 7.51. The number of aromatic amines is 1. The molecular formula is C32H45N9O5. The SMILES string of the molecule is NCCCCC(NC(=O)C(Cc1ccccc1)NC(=O)C(Cc1c[nH]c2ccccc12)NC(=O)C(N)CCCN=C(N)N)C(=O)O. The number of carboxylic acid groups (broad SMARTS) is 1. The number of para-hydroxylation sites is 1. The molecule has 4 unspecified atom stereocenters. The molecule has 1 heterocycles. The predicted molar refractivity (Wildman–Crippen MR) is 176 cm³/mol. The lowest BCUT2D eigenvalue weighted by molar-refractivity contribution is -0.142. The lowest BCUT2D eigenvalue weighted by Crippen LogP contribution is -2.58. The zero-order chi connectivity index (χ0) is 33.5. The molecule has 14 nitrogen and oxygen atoms in total. The number of unbranched alkanes of at least 4 members (excludes halogenated alkanes) is 1. The summed E-state index contributed by atoms with van der Waals surface area (Å²) in [5, 5.41) is 18.7. The Hall–Kier alpha value is -4.95. The van der Waals surface area contributed by atoms with Crippen LogP contribution in [0.2, 0.25) is 0 Å². The molecule has 0 saturated carbocycles. The molecule has 0 aliphatic heterocycles. The molecule has 14 heteroatoms. The molecule has 0 spiro atoms. The smallest absolute Gasteiger partial charge is 0.326 e. The number of H-pyrrole nitrogens is 1. The quantitative estimate of drug-likeness (QED) is 0.0487. The average Bonchev–Trinajstić information content (AvgIpc) is 3.44. The van der Waals surface area contributed by atoms with E-state index in [4.69, 9.17) is 22.9 Å². The number of carboxylic acids is 1. The summed E-state index contributed by atoms with van der Waals surface area (Å²) in [6.45, 7) is 0.693. The standard InChI is InChI=1S/C32H45N9O5/c33-15-7-6-14-25(31(45)46)39-29(43)26(17-20-9-2-1-3-10-20)41-30(44)27(18-21-19-38-24-13-5-4-11-22(21)24)40-28(42)23(34)12-8-16-37-32(35)36/h1-5,9-11,13,19,23,25-27,38H,6-8,12,14-18,33-34H2,(H,39,43)(H,40,42)(H,41,44)(H,45,46)(H4,35,36,37). The summed E-state index contributed by atoms with van der Waals surface area (Å²) in [7, 11) is 0. The Kier molecular flexibility index (Phi) is 14.0. The van der Waals surface area contributed by atoms with Gasteiger partial charge in [-0.05, 0) is 55.8 Å². The van der Waals surface area contributed by atoms with E-state index in [-0.39, 0.29) is 31.6 Å². The van der Waals surface area contributed by atoms with Gasteiger partial charge >= 0.3 is 5.97 Å². The van der Waals surface area contributed by atoms with Gasteiger partial charge in [0.25, 0.3) is 0 Å². The number of aliphatic imine (C=N–C) groups is 1. The molecule has 3 amide bonds. The Labute approximate surface area is 267 Å². The number of amides is 3. The molecule has 248 valence electrons. The van der Waals surface area contributed by atoms with Crippen molar-refractivity contribution in [1.29, 1.82) is 0 Å². The summed E-state index contributed by atoms with van der Waals surface area (Å²) in [5.74, 6) is -3.09. The van der Waals surface area contributed by atoms with Gasteiger partial charge in [-0.25, -0.2) is 4.79 Å². The molecule has 0 aliphatic carbocycles. The number of aliphatic carboxylic acids is 1. The van der Waals surface area contributed by atoms with Crippen molar-refractivity contribution in [2.75, 3.05) is 13.1 Å². The maximum absolute atomic E-state index is 13.9. The first-order valence-electron chi connectivity index (χ1n) is 15.3. The highest BCUT2D eigenvalue weighted by molar-refractivity contribution is 5.95. The molecule has 0 radical (unpaired) electrons. The third-order valence-electron chi connectivity index (χ3n) is 7.51. The van der Waals surface area contributed by atoms with Crippen LogP contribution >= 0.6 is 0 Å². The summed E-state index contributed by atoms with van der Waals surface area (Å²) in [4.78, 5) is 59.6. The number of guanidine groups is 1. The highest BCUT2D eigenvalue weighted by Gasteiger charge is 2.31. The first kappa shape index (κ1) is 35.5. The van der Waals surface area contributed by atoms with Crippen LogP contribution in [0.3, 0.4) is 0 Å². The van der Waals surface area contributed by atoms with Gasteiger partial charge in [-0.2, -0.15) is 0 Å². The fourth-order valence-electron chi connectivity index (χ4n) is 5.01. The van der Waals surface area contributed by atoms with Crippen molar-refractivity contribution in [2.24, 2.45) is 27.9 Å². The van der Waals surface area contributed by atoms with Gasteiger partial charge in [0, 0.05) is 36.5 Å². The van der Waals surface area contributed by atoms with Gasteiger partial charge < -0.3 is 49.0 Å². The summed E-state index contributed by atoms with van der Waals surface area (Å²) < 4.78 is 0. The van der Waals surface area contributed by atoms with E-state index < -0.39 is 47.9 Å². The first-order valence-corrected chi connectivity index (χ1v) is 15.3. The Bertz CT molecular complexity index is 1470. The molecule has 4 atom stereocenters. The Morgan fingerprint density at radius 2 is 1.41 bits per heavy atom. The van der Waals surface area contributed by atoms with Crippen LogP contribution in [-0.2, 0) is 32.0 Å². The van der Waals surface area contributed by atoms with Crippen molar-refractivity contribution in [3.05, 3.63) is 71.9 Å². The lowest BCUT2D eigenvalue weighted by atomic mass is 10.0. The van der Waals surface area contributed by atoms with Crippen LogP contribution < -0.4 is 38.9 Å². The average molecular weight is 636 g/mol. The second-order valence-electron chi connectivity index (χ2n) is 11.1. The van der Waals surface area contributed by atoms with Crippen LogP contribution in [0.4, 0.5) is 0 Å². The van der Waals surface area contributed by atoms with E-state index in [2.05, 4.69) is 25.9 Å². The molecule has 0 saturated heterocycles. The fourth-order valence-corrected chi connectivity index (χ4v) is 5.01. The minimum Gasteiger partial charge on any atom is -0.480 e. The largest absolute Gasteiger partial charge is 0.480 e. The molecule has 0 fully saturated rings. The van der Waals surface area contributed by atoms with Crippen LogP contribution in [0.5, 0.6) is 0 Å². The van der Waals surface area contributed by atoms with Gasteiger partial charge in [-0.15, -0.1) is 0 Å². The minimum atomic E-state index is -1.19. The van der Waals surface area contributed by atoms with Crippen LogP contribution in [0.25, 0.3) is 10.9 Å². The van der Waals surface area contributed by atoms with Gasteiger partial charge in [0.15, 0.2) is 5.96 Å². The molecular weight excluding hydrogens is 590 g/mol. The van der Waals surface area contributed by atoms with Gasteiger partial charge in [-0.1, -0.05) is 48.5 Å². The topological polar surface area (TPSA) is 257 Å². The number of benzene rings is 2. The van der Waals surface area contributed by atoms with Gasteiger partial charge in [0.05, 0.1) is 6.04 Å². The highest BCUT2D eigenvalue weighted by Crippen LogP contribution is 2.19. The number of aromatic nitrogens is 1. The Balaban J connectivity index is 1.84. The number of fused-ring (bicyclic) bond motifs is 1. The lowest BCUT2D eigenvalue weighted by Gasteiger charge is -2.25. The Morgan fingerprint density at radius 1 is 0.783 bits per heavy atom. The second-order valence-corrected chi connectivity index (χ2v) is 11.1. The van der Waals surface area contributed by atoms with E-state index in [9.17, 15) is 24.3 Å². The number of carbonyl (C=O) groups excluding carboxylic acids is 3. The molecule has 2 aromatic carbocycles. The van der Waals surface area contributed by atoms with Crippen LogP contribution in [0.1, 0.15) is 43.2 Å². The van der Waals surface area contributed by atoms with Crippen molar-refractivity contribution in [3.63, 3.8) is 0 Å². The van der Waals surface area contributed by atoms with E-state index in [0.717, 1.165) is 22.0 Å². The minimum absolute atomic E-state index is 0.0622. The summed E-state index contributed by atoms with van der Waals surface area (Å²) in [5.41, 5.74) is 24.8.